The summed E-state index contributed by atoms with van der Waals surface area (Å²) >= 11 is 1.51. The molecule has 0 unspecified atom stereocenters. The first kappa shape index (κ1) is 10.6. The molecule has 0 bridgehead atoms. The molecule has 1 N–H and O–H groups in total. The number of hydrogen-bond acceptors (Lipinski definition) is 4. The Labute approximate surface area is 93.6 Å². The van der Waals surface area contributed by atoms with E-state index in [-0.39, 0.29) is 0 Å². The summed E-state index contributed by atoms with van der Waals surface area (Å²) in [7, 11) is 0. The molecule has 1 aromatic rings. The molecule has 0 saturated heterocycles. The van der Waals surface area contributed by atoms with Crippen molar-refractivity contribution in [3.63, 3.8) is 0 Å². The van der Waals surface area contributed by atoms with Crippen LogP contribution in [-0.2, 0) is 11.4 Å². The van der Waals surface area contributed by atoms with E-state index in [4.69, 9.17) is 10.1 Å². The summed E-state index contributed by atoms with van der Waals surface area (Å²) in [5.74, 6) is 0. The highest BCUT2D eigenvalue weighted by Gasteiger charge is 2.15. The number of rotatable bonds is 4. The zero-order valence-electron chi connectivity index (χ0n) is 8.53. The van der Waals surface area contributed by atoms with Gasteiger partial charge in [-0.25, -0.2) is 0 Å². The van der Waals surface area contributed by atoms with Gasteiger partial charge in [0.1, 0.15) is 10.9 Å². The van der Waals surface area contributed by atoms with Gasteiger partial charge in [-0.2, -0.15) is 10.7 Å². The first-order valence-electron chi connectivity index (χ1n) is 5.26. The summed E-state index contributed by atoms with van der Waals surface area (Å²) < 4.78 is 0. The molecule has 3 nitrogen and oxygen atoms in total. The van der Waals surface area contributed by atoms with Crippen LogP contribution in [0.1, 0.15) is 35.4 Å². The van der Waals surface area contributed by atoms with Crippen LogP contribution in [0.3, 0.4) is 0 Å². The molecule has 1 fully saturated rings. The zero-order chi connectivity index (χ0) is 10.5. The summed E-state index contributed by atoms with van der Waals surface area (Å²) in [4.78, 5) is 7.42. The van der Waals surface area contributed by atoms with E-state index in [9.17, 15) is 0 Å². The largest absolute Gasteiger partial charge is 0.298 e. The van der Waals surface area contributed by atoms with E-state index in [1.165, 1.54) is 37.0 Å². The van der Waals surface area contributed by atoms with Gasteiger partial charge >= 0.3 is 0 Å². The summed E-state index contributed by atoms with van der Waals surface area (Å²) in [5, 5.41) is 8.66. The van der Waals surface area contributed by atoms with Crippen LogP contribution in [0.2, 0.25) is 0 Å². The quantitative estimate of drug-likeness (QED) is 0.796. The smallest absolute Gasteiger partial charge is 0.110 e. The fourth-order valence-electron chi connectivity index (χ4n) is 1.77. The number of hydrogen-bond donors (Lipinski definition) is 1. The molecule has 0 radical (unpaired) electrons. The zero-order valence-corrected chi connectivity index (χ0v) is 9.35. The van der Waals surface area contributed by atoms with Gasteiger partial charge in [-0.05, 0) is 25.0 Å². The minimum Gasteiger partial charge on any atom is -0.298 e. The summed E-state index contributed by atoms with van der Waals surface area (Å²) in [6.45, 7) is 0.697. The van der Waals surface area contributed by atoms with E-state index < -0.39 is 0 Å². The van der Waals surface area contributed by atoms with Gasteiger partial charge in [-0.15, -0.1) is 11.3 Å². The highest BCUT2D eigenvalue weighted by molar-refractivity contribution is 7.12. The maximum Gasteiger partial charge on any atom is 0.110 e. The van der Waals surface area contributed by atoms with Crippen molar-refractivity contribution in [1.82, 2.24) is 5.48 Å². The molecule has 0 amide bonds. The lowest BCUT2D eigenvalue weighted by Gasteiger charge is -2.10. The molecule has 1 aliphatic carbocycles. The SMILES string of the molecule is N#Cc1ccc(CNOC2CCCC2)s1. The maximum absolute atomic E-state index is 8.66. The van der Waals surface area contributed by atoms with Gasteiger partial charge in [0.05, 0.1) is 12.6 Å². The van der Waals surface area contributed by atoms with Gasteiger partial charge < -0.3 is 0 Å². The van der Waals surface area contributed by atoms with E-state index >= 15 is 0 Å². The van der Waals surface area contributed by atoms with Crippen LogP contribution in [0, 0.1) is 11.3 Å². The van der Waals surface area contributed by atoms with Crippen LogP contribution in [0.4, 0.5) is 0 Å². The van der Waals surface area contributed by atoms with Gasteiger partial charge in [0, 0.05) is 4.88 Å². The average molecular weight is 222 g/mol. The van der Waals surface area contributed by atoms with E-state index in [0.717, 1.165) is 9.75 Å². The van der Waals surface area contributed by atoms with E-state index in [1.807, 2.05) is 12.1 Å². The minimum atomic E-state index is 0.389. The number of nitrogens with zero attached hydrogens (tertiary/aromatic N) is 1. The molecule has 2 rings (SSSR count). The lowest BCUT2D eigenvalue weighted by atomic mass is 10.3. The monoisotopic (exact) mass is 222 g/mol. The van der Waals surface area contributed by atoms with Gasteiger partial charge in [0.15, 0.2) is 0 Å². The Hall–Kier alpha value is -0.890. The number of thiophene rings is 1. The fourth-order valence-corrected chi connectivity index (χ4v) is 2.50. The maximum atomic E-state index is 8.66. The lowest BCUT2D eigenvalue weighted by molar-refractivity contribution is -0.0239. The van der Waals surface area contributed by atoms with E-state index in [0.29, 0.717) is 12.6 Å². The topological polar surface area (TPSA) is 45.0 Å². The van der Waals surface area contributed by atoms with Gasteiger partial charge in [0.25, 0.3) is 0 Å². The summed E-state index contributed by atoms with van der Waals surface area (Å²) in [6, 6.07) is 5.94. The Morgan fingerprint density at radius 1 is 1.47 bits per heavy atom. The molecule has 1 heterocycles. The van der Waals surface area contributed by atoms with Gasteiger partial charge in [0.2, 0.25) is 0 Å². The molecule has 0 aliphatic heterocycles. The molecule has 4 heteroatoms. The van der Waals surface area contributed by atoms with Gasteiger partial charge in [-0.3, -0.25) is 4.84 Å². The van der Waals surface area contributed by atoms with Crippen LogP contribution in [0.5, 0.6) is 0 Å². The third kappa shape index (κ3) is 3.03. The molecular formula is C11H14N2OS. The number of nitrogens with one attached hydrogen (secondary N) is 1. The van der Waals surface area contributed by atoms with Crippen molar-refractivity contribution < 1.29 is 4.84 Å². The van der Waals surface area contributed by atoms with Crippen molar-refractivity contribution in [2.24, 2.45) is 0 Å². The molecule has 1 saturated carbocycles. The van der Waals surface area contributed by atoms with Crippen LogP contribution < -0.4 is 5.48 Å². The van der Waals surface area contributed by atoms with Crippen LogP contribution in [0.15, 0.2) is 12.1 Å². The second-order valence-electron chi connectivity index (χ2n) is 3.72. The normalized spacial score (nSPS) is 16.7. The van der Waals surface area contributed by atoms with Crippen LogP contribution in [-0.4, -0.2) is 6.10 Å². The Bertz CT molecular complexity index is 350. The predicted molar refractivity (Wildman–Crippen MR) is 59.2 cm³/mol. The highest BCUT2D eigenvalue weighted by Crippen LogP contribution is 2.20. The summed E-state index contributed by atoms with van der Waals surface area (Å²) in [5.41, 5.74) is 2.98. The first-order chi connectivity index (χ1) is 7.38. The van der Waals surface area contributed by atoms with Crippen molar-refractivity contribution in [1.29, 1.82) is 5.26 Å². The standard InChI is InChI=1S/C11H14N2OS/c12-7-10-5-6-11(15-10)8-13-14-9-3-1-2-4-9/h5-6,9,13H,1-4,8H2. The molecule has 1 aromatic heterocycles. The average Bonchev–Trinajstić information content (AvgIpc) is 2.88. The third-order valence-corrected chi connectivity index (χ3v) is 3.56. The number of hydroxylamine groups is 1. The van der Waals surface area contributed by atoms with Crippen LogP contribution in [0.25, 0.3) is 0 Å². The van der Waals surface area contributed by atoms with Crippen molar-refractivity contribution in [3.8, 4) is 6.07 Å². The molecule has 15 heavy (non-hydrogen) atoms. The Balaban J connectivity index is 1.71. The van der Waals surface area contributed by atoms with Crippen LogP contribution >= 0.6 is 11.3 Å². The van der Waals surface area contributed by atoms with Crippen molar-refractivity contribution >= 4 is 11.3 Å². The molecule has 80 valence electrons. The minimum absolute atomic E-state index is 0.389. The second-order valence-corrected chi connectivity index (χ2v) is 4.89. The molecule has 0 spiro atoms. The lowest BCUT2D eigenvalue weighted by Crippen LogP contribution is -2.20. The second kappa shape index (κ2) is 5.26. The van der Waals surface area contributed by atoms with Crippen molar-refractivity contribution in [3.05, 3.63) is 21.9 Å². The third-order valence-electron chi connectivity index (χ3n) is 2.57. The number of nitriles is 1. The molecule has 0 atom stereocenters. The first-order valence-corrected chi connectivity index (χ1v) is 6.07. The van der Waals surface area contributed by atoms with Gasteiger partial charge in [-0.1, -0.05) is 12.8 Å². The highest BCUT2D eigenvalue weighted by atomic mass is 32.1. The Kier molecular flexibility index (Phi) is 3.73. The Morgan fingerprint density at radius 3 is 2.93 bits per heavy atom. The molecule has 0 aromatic carbocycles. The fraction of sp³-hybridized carbons (Fsp3) is 0.545. The predicted octanol–water partition coefficient (Wildman–Crippen LogP) is 2.58. The van der Waals surface area contributed by atoms with Crippen molar-refractivity contribution in [2.75, 3.05) is 0 Å². The molecule has 1 aliphatic rings. The van der Waals surface area contributed by atoms with E-state index in [2.05, 4.69) is 11.5 Å². The van der Waals surface area contributed by atoms with Crippen molar-refractivity contribution in [2.45, 2.75) is 38.3 Å². The van der Waals surface area contributed by atoms with E-state index in [1.54, 1.807) is 0 Å². The Morgan fingerprint density at radius 2 is 2.27 bits per heavy atom. The molecular weight excluding hydrogens is 208 g/mol. The summed E-state index contributed by atoms with van der Waals surface area (Å²) in [6.07, 6.45) is 5.29.